The number of rotatable bonds is 7. The zero-order valence-electron chi connectivity index (χ0n) is 15.6. The molecular formula is C20H21NO5S. The second-order valence-electron chi connectivity index (χ2n) is 5.56. The lowest BCUT2D eigenvalue weighted by Gasteiger charge is -2.15. The first-order valence-corrected chi connectivity index (χ1v) is 9.20. The summed E-state index contributed by atoms with van der Waals surface area (Å²) in [6.45, 7) is 2.11. The molecule has 27 heavy (non-hydrogen) atoms. The number of nitrogens with one attached hydrogen (secondary N) is 1. The Labute approximate surface area is 161 Å². The molecule has 1 N–H and O–H groups in total. The molecule has 6 nitrogen and oxygen atoms in total. The predicted molar refractivity (Wildman–Crippen MR) is 107 cm³/mol. The molecule has 7 heteroatoms. The van der Waals surface area contributed by atoms with Gasteiger partial charge in [0.1, 0.15) is 4.88 Å². The van der Waals surface area contributed by atoms with E-state index >= 15 is 0 Å². The lowest BCUT2D eigenvalue weighted by Crippen LogP contribution is -2.05. The molecule has 1 aromatic heterocycles. The maximum absolute atomic E-state index is 12.5. The number of methoxy groups -OCH3 is 3. The Bertz CT molecular complexity index is 941. The zero-order chi connectivity index (χ0) is 19.4. The SMILES string of the molecule is CCOC(=O)c1sc2ccccc2c1Nc1cc(OC)c(OC)c(OC)c1. The van der Waals surface area contributed by atoms with Crippen molar-refractivity contribution in [3.05, 3.63) is 41.3 Å². The lowest BCUT2D eigenvalue weighted by molar-refractivity contribution is 0.0533. The maximum Gasteiger partial charge on any atom is 0.350 e. The van der Waals surface area contributed by atoms with Gasteiger partial charge in [-0.05, 0) is 13.0 Å². The van der Waals surface area contributed by atoms with Gasteiger partial charge in [-0.25, -0.2) is 4.79 Å². The number of benzene rings is 2. The van der Waals surface area contributed by atoms with Gasteiger partial charge in [-0.3, -0.25) is 0 Å². The average molecular weight is 387 g/mol. The summed E-state index contributed by atoms with van der Waals surface area (Å²) in [6, 6.07) is 11.4. The van der Waals surface area contributed by atoms with Crippen LogP contribution in [0.15, 0.2) is 36.4 Å². The molecule has 142 valence electrons. The van der Waals surface area contributed by atoms with Crippen molar-refractivity contribution in [3.8, 4) is 17.2 Å². The van der Waals surface area contributed by atoms with Crippen LogP contribution in [0.4, 0.5) is 11.4 Å². The van der Waals surface area contributed by atoms with Gasteiger partial charge in [0.2, 0.25) is 5.75 Å². The Balaban J connectivity index is 2.11. The summed E-state index contributed by atoms with van der Waals surface area (Å²) in [7, 11) is 4.68. The summed E-state index contributed by atoms with van der Waals surface area (Å²) < 4.78 is 22.4. The smallest absolute Gasteiger partial charge is 0.350 e. The van der Waals surface area contributed by atoms with Gasteiger partial charge in [0.15, 0.2) is 11.5 Å². The minimum Gasteiger partial charge on any atom is -0.493 e. The van der Waals surface area contributed by atoms with Crippen molar-refractivity contribution in [1.82, 2.24) is 0 Å². The second kappa shape index (κ2) is 8.18. The largest absolute Gasteiger partial charge is 0.493 e. The second-order valence-corrected chi connectivity index (χ2v) is 6.61. The third-order valence-electron chi connectivity index (χ3n) is 3.99. The highest BCUT2D eigenvalue weighted by molar-refractivity contribution is 7.21. The number of carbonyl (C=O) groups excluding carboxylic acids is 1. The van der Waals surface area contributed by atoms with E-state index in [0.717, 1.165) is 10.1 Å². The third-order valence-corrected chi connectivity index (χ3v) is 5.14. The molecule has 2 aromatic carbocycles. The van der Waals surface area contributed by atoms with Gasteiger partial charge < -0.3 is 24.3 Å². The lowest BCUT2D eigenvalue weighted by atomic mass is 10.2. The molecule has 0 saturated heterocycles. The first-order chi connectivity index (χ1) is 13.1. The highest BCUT2D eigenvalue weighted by Gasteiger charge is 2.21. The highest BCUT2D eigenvalue weighted by atomic mass is 32.1. The minimum absolute atomic E-state index is 0.316. The fraction of sp³-hybridized carbons (Fsp3) is 0.250. The molecule has 0 bridgehead atoms. The molecule has 0 amide bonds. The molecule has 0 aliphatic carbocycles. The normalized spacial score (nSPS) is 10.5. The van der Waals surface area contributed by atoms with Gasteiger partial charge >= 0.3 is 5.97 Å². The third kappa shape index (κ3) is 3.64. The first-order valence-electron chi connectivity index (χ1n) is 8.38. The van der Waals surface area contributed by atoms with E-state index in [0.29, 0.717) is 40.1 Å². The van der Waals surface area contributed by atoms with Crippen LogP contribution in [0.1, 0.15) is 16.6 Å². The molecule has 0 spiro atoms. The average Bonchev–Trinajstić information content (AvgIpc) is 3.06. The summed E-state index contributed by atoms with van der Waals surface area (Å²) in [6.07, 6.45) is 0. The Morgan fingerprint density at radius 3 is 2.30 bits per heavy atom. The Morgan fingerprint density at radius 1 is 1.04 bits per heavy atom. The molecule has 3 aromatic rings. The number of carbonyl (C=O) groups is 1. The van der Waals surface area contributed by atoms with Gasteiger partial charge in [-0.1, -0.05) is 18.2 Å². The molecule has 0 aliphatic rings. The van der Waals surface area contributed by atoms with Gasteiger partial charge in [-0.15, -0.1) is 11.3 Å². The van der Waals surface area contributed by atoms with Gasteiger partial charge in [0.25, 0.3) is 0 Å². The van der Waals surface area contributed by atoms with Crippen LogP contribution in [-0.4, -0.2) is 33.9 Å². The Morgan fingerprint density at radius 2 is 1.70 bits per heavy atom. The monoisotopic (exact) mass is 387 g/mol. The van der Waals surface area contributed by atoms with E-state index in [-0.39, 0.29) is 5.97 Å². The van der Waals surface area contributed by atoms with E-state index in [9.17, 15) is 4.79 Å². The van der Waals surface area contributed by atoms with E-state index in [1.165, 1.54) is 11.3 Å². The van der Waals surface area contributed by atoms with Crippen LogP contribution in [0.3, 0.4) is 0 Å². The molecule has 3 rings (SSSR count). The van der Waals surface area contributed by atoms with Crippen molar-refractivity contribution in [2.75, 3.05) is 33.3 Å². The molecule has 0 aliphatic heterocycles. The molecule has 0 atom stereocenters. The van der Waals surface area contributed by atoms with E-state index in [1.54, 1.807) is 40.4 Å². The molecule has 0 unspecified atom stereocenters. The number of ether oxygens (including phenoxy) is 4. The van der Waals surface area contributed by atoms with Crippen molar-refractivity contribution in [2.45, 2.75) is 6.92 Å². The topological polar surface area (TPSA) is 66.0 Å². The fourth-order valence-corrected chi connectivity index (χ4v) is 3.86. The number of thiophene rings is 1. The van der Waals surface area contributed by atoms with Gasteiger partial charge in [0.05, 0.1) is 33.6 Å². The summed E-state index contributed by atoms with van der Waals surface area (Å²) in [5.41, 5.74) is 1.40. The number of fused-ring (bicyclic) bond motifs is 1. The van der Waals surface area contributed by atoms with Crippen LogP contribution >= 0.6 is 11.3 Å². The number of anilines is 2. The molecular weight excluding hydrogens is 366 g/mol. The first kappa shape index (κ1) is 18.8. The van der Waals surface area contributed by atoms with Crippen molar-refractivity contribution < 1.29 is 23.7 Å². The number of hydrogen-bond donors (Lipinski definition) is 1. The summed E-state index contributed by atoms with van der Waals surface area (Å²) >= 11 is 1.39. The minimum atomic E-state index is -0.353. The van der Waals surface area contributed by atoms with E-state index in [4.69, 9.17) is 18.9 Å². The summed E-state index contributed by atoms with van der Waals surface area (Å²) in [4.78, 5) is 13.0. The standard InChI is InChI=1S/C20H21NO5S/c1-5-26-20(22)19-17(13-8-6-7-9-16(13)27-19)21-12-10-14(23-2)18(25-4)15(11-12)24-3/h6-11,21H,5H2,1-4H3. The van der Waals surface area contributed by atoms with Crippen molar-refractivity contribution in [3.63, 3.8) is 0 Å². The molecule has 0 saturated carbocycles. The Hall–Kier alpha value is -2.93. The fourth-order valence-electron chi connectivity index (χ4n) is 2.81. The van der Waals surface area contributed by atoms with E-state index in [2.05, 4.69) is 5.32 Å². The quantitative estimate of drug-likeness (QED) is 0.585. The van der Waals surface area contributed by atoms with Crippen molar-refractivity contribution >= 4 is 38.8 Å². The summed E-state index contributed by atoms with van der Waals surface area (Å²) in [5.74, 6) is 1.20. The van der Waals surface area contributed by atoms with Gasteiger partial charge in [-0.2, -0.15) is 0 Å². The van der Waals surface area contributed by atoms with Crippen LogP contribution in [0.25, 0.3) is 10.1 Å². The van der Waals surface area contributed by atoms with Crippen LogP contribution in [-0.2, 0) is 4.74 Å². The van der Waals surface area contributed by atoms with Crippen molar-refractivity contribution in [1.29, 1.82) is 0 Å². The summed E-state index contributed by atoms with van der Waals surface area (Å²) in [5, 5.41) is 4.27. The van der Waals surface area contributed by atoms with Crippen LogP contribution in [0, 0.1) is 0 Å². The molecule has 0 fully saturated rings. The number of esters is 1. The maximum atomic E-state index is 12.5. The van der Waals surface area contributed by atoms with Crippen LogP contribution in [0.2, 0.25) is 0 Å². The number of hydrogen-bond acceptors (Lipinski definition) is 7. The molecule has 1 heterocycles. The highest BCUT2D eigenvalue weighted by Crippen LogP contribution is 2.43. The van der Waals surface area contributed by atoms with Gasteiger partial charge in [0, 0.05) is 27.9 Å². The molecule has 0 radical (unpaired) electrons. The Kier molecular flexibility index (Phi) is 5.71. The van der Waals surface area contributed by atoms with Crippen LogP contribution in [0.5, 0.6) is 17.2 Å². The zero-order valence-corrected chi connectivity index (χ0v) is 16.4. The predicted octanol–water partition coefficient (Wildman–Crippen LogP) is 4.85. The van der Waals surface area contributed by atoms with Crippen molar-refractivity contribution in [2.24, 2.45) is 0 Å². The van der Waals surface area contributed by atoms with E-state index < -0.39 is 0 Å². The van der Waals surface area contributed by atoms with E-state index in [1.807, 2.05) is 24.3 Å². The van der Waals surface area contributed by atoms with Crippen LogP contribution < -0.4 is 19.5 Å².